The number of amides is 2. The summed E-state index contributed by atoms with van der Waals surface area (Å²) in [7, 11) is 0. The molecule has 120 valence electrons. The third kappa shape index (κ3) is 4.99. The van der Waals surface area contributed by atoms with Gasteiger partial charge in [-0.15, -0.1) is 0 Å². The van der Waals surface area contributed by atoms with E-state index in [1.54, 1.807) is 0 Å². The van der Waals surface area contributed by atoms with Crippen molar-refractivity contribution in [3.05, 3.63) is 0 Å². The number of carbonyl (C=O) groups excluding carboxylic acids is 2. The standard InChI is InChI=1S/C16H29N3O2/c1-12(14-3-2-6-18-11-14)9-16(21)19-7-4-13(5-8-19)10-15(17)20/h12-14,18H,2-11H2,1H3,(H2,17,20). The van der Waals surface area contributed by atoms with Crippen molar-refractivity contribution in [2.75, 3.05) is 26.2 Å². The van der Waals surface area contributed by atoms with Gasteiger partial charge in [0, 0.05) is 25.9 Å². The molecule has 2 saturated heterocycles. The number of primary amides is 1. The molecular weight excluding hydrogens is 266 g/mol. The van der Waals surface area contributed by atoms with E-state index in [1.165, 1.54) is 12.8 Å². The number of nitrogens with one attached hydrogen (secondary N) is 1. The number of hydrogen-bond donors (Lipinski definition) is 2. The molecular formula is C16H29N3O2. The van der Waals surface area contributed by atoms with E-state index in [9.17, 15) is 9.59 Å². The van der Waals surface area contributed by atoms with Crippen molar-refractivity contribution in [1.29, 1.82) is 0 Å². The van der Waals surface area contributed by atoms with Gasteiger partial charge in [0.1, 0.15) is 0 Å². The maximum Gasteiger partial charge on any atom is 0.222 e. The van der Waals surface area contributed by atoms with E-state index in [-0.39, 0.29) is 11.8 Å². The molecule has 2 atom stereocenters. The van der Waals surface area contributed by atoms with Crippen molar-refractivity contribution in [3.63, 3.8) is 0 Å². The molecule has 0 aromatic heterocycles. The van der Waals surface area contributed by atoms with Crippen LogP contribution in [0.2, 0.25) is 0 Å². The Morgan fingerprint density at radius 2 is 2.00 bits per heavy atom. The Labute approximate surface area is 127 Å². The Kier molecular flexibility index (Phi) is 6.03. The number of carbonyl (C=O) groups is 2. The van der Waals surface area contributed by atoms with E-state index in [0.29, 0.717) is 30.6 Å². The summed E-state index contributed by atoms with van der Waals surface area (Å²) in [6.45, 7) is 5.94. The van der Waals surface area contributed by atoms with Gasteiger partial charge < -0.3 is 16.0 Å². The second-order valence-corrected chi connectivity index (χ2v) is 6.78. The molecule has 3 N–H and O–H groups in total. The minimum atomic E-state index is -0.224. The molecule has 0 saturated carbocycles. The average molecular weight is 295 g/mol. The maximum absolute atomic E-state index is 12.4. The van der Waals surface area contributed by atoms with Crippen LogP contribution in [0.15, 0.2) is 0 Å². The highest BCUT2D eigenvalue weighted by Crippen LogP contribution is 2.25. The lowest BCUT2D eigenvalue weighted by atomic mass is 9.85. The predicted octanol–water partition coefficient (Wildman–Crippen LogP) is 1.13. The van der Waals surface area contributed by atoms with Crippen LogP contribution in [0.1, 0.15) is 45.4 Å². The second kappa shape index (κ2) is 7.78. The summed E-state index contributed by atoms with van der Waals surface area (Å²) in [6, 6.07) is 0. The van der Waals surface area contributed by atoms with Gasteiger partial charge in [0.05, 0.1) is 0 Å². The molecule has 2 fully saturated rings. The van der Waals surface area contributed by atoms with Crippen LogP contribution in [-0.4, -0.2) is 42.9 Å². The maximum atomic E-state index is 12.4. The van der Waals surface area contributed by atoms with Crippen LogP contribution in [0.3, 0.4) is 0 Å². The van der Waals surface area contributed by atoms with Gasteiger partial charge in [-0.3, -0.25) is 9.59 Å². The van der Waals surface area contributed by atoms with Gasteiger partial charge in [-0.1, -0.05) is 6.92 Å². The average Bonchev–Trinajstić information content (AvgIpc) is 2.48. The molecule has 0 spiro atoms. The normalized spacial score (nSPS) is 25.6. The van der Waals surface area contributed by atoms with Crippen molar-refractivity contribution >= 4 is 11.8 Å². The summed E-state index contributed by atoms with van der Waals surface area (Å²) in [5.74, 6) is 1.51. The first-order valence-electron chi connectivity index (χ1n) is 8.33. The van der Waals surface area contributed by atoms with E-state index in [4.69, 9.17) is 5.73 Å². The highest BCUT2D eigenvalue weighted by molar-refractivity contribution is 5.76. The largest absolute Gasteiger partial charge is 0.370 e. The third-order valence-electron chi connectivity index (χ3n) is 5.09. The zero-order chi connectivity index (χ0) is 15.2. The van der Waals surface area contributed by atoms with Crippen LogP contribution in [0.25, 0.3) is 0 Å². The first kappa shape index (κ1) is 16.3. The summed E-state index contributed by atoms with van der Waals surface area (Å²) in [5, 5.41) is 3.42. The van der Waals surface area contributed by atoms with Gasteiger partial charge in [-0.2, -0.15) is 0 Å². The fourth-order valence-corrected chi connectivity index (χ4v) is 3.61. The second-order valence-electron chi connectivity index (χ2n) is 6.78. The van der Waals surface area contributed by atoms with E-state index in [2.05, 4.69) is 12.2 Å². The molecule has 21 heavy (non-hydrogen) atoms. The first-order valence-corrected chi connectivity index (χ1v) is 8.33. The monoisotopic (exact) mass is 295 g/mol. The van der Waals surface area contributed by atoms with E-state index >= 15 is 0 Å². The quantitative estimate of drug-likeness (QED) is 0.798. The summed E-state index contributed by atoms with van der Waals surface area (Å²) in [5.41, 5.74) is 5.24. The van der Waals surface area contributed by atoms with Crippen molar-refractivity contribution in [2.24, 2.45) is 23.5 Å². The number of piperidine rings is 2. The van der Waals surface area contributed by atoms with Gasteiger partial charge in [-0.25, -0.2) is 0 Å². The van der Waals surface area contributed by atoms with Crippen LogP contribution < -0.4 is 11.1 Å². The lowest BCUT2D eigenvalue weighted by Crippen LogP contribution is -2.41. The molecule has 2 heterocycles. The Balaban J connectivity index is 1.72. The molecule has 0 aromatic carbocycles. The molecule has 2 rings (SSSR count). The van der Waals surface area contributed by atoms with Crippen molar-refractivity contribution in [3.8, 4) is 0 Å². The fraction of sp³-hybridized carbons (Fsp3) is 0.875. The van der Waals surface area contributed by atoms with Crippen LogP contribution in [-0.2, 0) is 9.59 Å². The number of likely N-dealkylation sites (tertiary alicyclic amines) is 1. The van der Waals surface area contributed by atoms with Crippen molar-refractivity contribution < 1.29 is 9.59 Å². The van der Waals surface area contributed by atoms with E-state index in [0.717, 1.165) is 39.0 Å². The Hall–Kier alpha value is -1.10. The number of nitrogens with two attached hydrogens (primary N) is 1. The van der Waals surface area contributed by atoms with Crippen LogP contribution >= 0.6 is 0 Å². The lowest BCUT2D eigenvalue weighted by Gasteiger charge is -2.34. The topological polar surface area (TPSA) is 75.4 Å². The molecule has 0 bridgehead atoms. The number of nitrogens with zero attached hydrogens (tertiary/aromatic N) is 1. The summed E-state index contributed by atoms with van der Waals surface area (Å²) in [6.07, 6.45) is 5.41. The van der Waals surface area contributed by atoms with E-state index in [1.807, 2.05) is 4.90 Å². The van der Waals surface area contributed by atoms with E-state index < -0.39 is 0 Å². The molecule has 0 aliphatic carbocycles. The van der Waals surface area contributed by atoms with Crippen molar-refractivity contribution in [2.45, 2.75) is 45.4 Å². The smallest absolute Gasteiger partial charge is 0.222 e. The Bertz CT molecular complexity index is 359. The number of rotatable bonds is 5. The molecule has 5 nitrogen and oxygen atoms in total. The molecule has 0 aromatic rings. The van der Waals surface area contributed by atoms with Crippen LogP contribution in [0.5, 0.6) is 0 Å². The van der Waals surface area contributed by atoms with Gasteiger partial charge in [0.25, 0.3) is 0 Å². The summed E-state index contributed by atoms with van der Waals surface area (Å²) in [4.78, 5) is 25.3. The minimum Gasteiger partial charge on any atom is -0.370 e. The Morgan fingerprint density at radius 1 is 1.29 bits per heavy atom. The lowest BCUT2D eigenvalue weighted by molar-refractivity contribution is -0.134. The molecule has 5 heteroatoms. The summed E-state index contributed by atoms with van der Waals surface area (Å²) >= 11 is 0. The third-order valence-corrected chi connectivity index (χ3v) is 5.09. The summed E-state index contributed by atoms with van der Waals surface area (Å²) < 4.78 is 0. The van der Waals surface area contributed by atoms with Gasteiger partial charge >= 0.3 is 0 Å². The van der Waals surface area contributed by atoms with Gasteiger partial charge in [-0.05, 0) is 56.5 Å². The van der Waals surface area contributed by atoms with Gasteiger partial charge in [0.15, 0.2) is 0 Å². The highest BCUT2D eigenvalue weighted by atomic mass is 16.2. The zero-order valence-corrected chi connectivity index (χ0v) is 13.1. The Morgan fingerprint density at radius 3 is 2.57 bits per heavy atom. The molecule has 0 radical (unpaired) electrons. The number of hydrogen-bond acceptors (Lipinski definition) is 3. The van der Waals surface area contributed by atoms with Gasteiger partial charge in [0.2, 0.25) is 11.8 Å². The SMILES string of the molecule is CC(CC(=O)N1CCC(CC(N)=O)CC1)C1CCCNC1. The predicted molar refractivity (Wildman–Crippen MR) is 82.5 cm³/mol. The molecule has 2 aliphatic heterocycles. The molecule has 2 aliphatic rings. The zero-order valence-electron chi connectivity index (χ0n) is 13.1. The van der Waals surface area contributed by atoms with Crippen LogP contribution in [0.4, 0.5) is 0 Å². The minimum absolute atomic E-state index is 0.224. The van der Waals surface area contributed by atoms with Crippen molar-refractivity contribution in [1.82, 2.24) is 10.2 Å². The first-order chi connectivity index (χ1) is 10.1. The van der Waals surface area contributed by atoms with Crippen LogP contribution in [0, 0.1) is 17.8 Å². The fourth-order valence-electron chi connectivity index (χ4n) is 3.61. The highest BCUT2D eigenvalue weighted by Gasteiger charge is 2.27. The molecule has 2 amide bonds. The molecule has 2 unspecified atom stereocenters.